The Morgan fingerprint density at radius 1 is 0.220 bits per heavy atom. The van der Waals surface area contributed by atoms with Crippen molar-refractivity contribution in [1.82, 2.24) is 0 Å². The minimum atomic E-state index is 1.25. The quantitative estimate of drug-likeness (QED) is 0.166. The van der Waals surface area contributed by atoms with Gasteiger partial charge in [0.05, 0.1) is 0 Å². The summed E-state index contributed by atoms with van der Waals surface area (Å²) in [6.45, 7) is 9.32. The van der Waals surface area contributed by atoms with Crippen LogP contribution in [0.15, 0.2) is 133 Å². The molecule has 0 aliphatic carbocycles. The number of fused-ring (bicyclic) bond motifs is 15. The number of rotatable bonds is 2. The van der Waals surface area contributed by atoms with E-state index in [1.54, 1.807) is 0 Å². The van der Waals surface area contributed by atoms with Crippen molar-refractivity contribution in [3.05, 3.63) is 156 Å². The van der Waals surface area contributed by atoms with Gasteiger partial charge in [0, 0.05) is 0 Å². The summed E-state index contributed by atoms with van der Waals surface area (Å²) in [6.07, 6.45) is 0. The van der Waals surface area contributed by atoms with Gasteiger partial charge in [-0.2, -0.15) is 0 Å². The molecule has 0 radical (unpaired) electrons. The summed E-state index contributed by atoms with van der Waals surface area (Å²) in [6, 6.07) is 49.8. The first kappa shape index (κ1) is 27.9. The third kappa shape index (κ3) is 3.32. The lowest BCUT2D eigenvalue weighted by molar-refractivity contribution is 1.53. The van der Waals surface area contributed by atoms with Crippen LogP contribution in [0.3, 0.4) is 0 Å². The van der Waals surface area contributed by atoms with Gasteiger partial charge >= 0.3 is 0 Å². The Morgan fingerprint density at radius 3 is 0.860 bits per heavy atom. The maximum atomic E-state index is 2.44. The van der Waals surface area contributed by atoms with E-state index in [9.17, 15) is 0 Å². The van der Waals surface area contributed by atoms with Crippen molar-refractivity contribution in [3.8, 4) is 22.3 Å². The molecule has 0 saturated carbocycles. The summed E-state index contributed by atoms with van der Waals surface area (Å²) in [4.78, 5) is 0. The highest BCUT2D eigenvalue weighted by molar-refractivity contribution is 6.48. The van der Waals surface area contributed by atoms with Gasteiger partial charge in [0.25, 0.3) is 0 Å². The predicted molar refractivity (Wildman–Crippen MR) is 219 cm³/mol. The van der Waals surface area contributed by atoms with Gasteiger partial charge in [0.1, 0.15) is 0 Å². The summed E-state index contributed by atoms with van der Waals surface area (Å²) < 4.78 is 0. The molecule has 0 nitrogen and oxygen atoms in total. The smallest absolute Gasteiger partial charge is 0.000707 e. The number of aryl methyl sites for hydroxylation is 4. The van der Waals surface area contributed by atoms with E-state index in [-0.39, 0.29) is 0 Å². The number of benzene rings is 9. The first-order chi connectivity index (χ1) is 24.5. The Bertz CT molecular complexity index is 2980. The number of hydrogen-bond acceptors (Lipinski definition) is 0. The van der Waals surface area contributed by atoms with Crippen LogP contribution in [-0.4, -0.2) is 0 Å². The molecular weight excluding hydrogens is 601 g/mol. The molecule has 234 valence electrons. The highest BCUT2D eigenvalue weighted by atomic mass is 14.3. The molecule has 50 heavy (non-hydrogen) atoms. The summed E-state index contributed by atoms with van der Waals surface area (Å²) in [5, 5.41) is 22.2. The molecule has 0 aliphatic rings. The molecule has 0 unspecified atom stereocenters. The topological polar surface area (TPSA) is 0 Å². The molecule has 0 spiro atoms. The zero-order valence-corrected chi connectivity index (χ0v) is 28.7. The average Bonchev–Trinajstić information content (AvgIpc) is 3.14. The van der Waals surface area contributed by atoms with Gasteiger partial charge in [-0.1, -0.05) is 133 Å². The van der Waals surface area contributed by atoms with E-state index >= 15 is 0 Å². The fourth-order valence-corrected chi connectivity index (χ4v) is 9.89. The predicted octanol–water partition coefficient (Wildman–Crippen LogP) is 14.4. The lowest BCUT2D eigenvalue weighted by Gasteiger charge is -2.27. The van der Waals surface area contributed by atoms with Crippen LogP contribution in [0.5, 0.6) is 0 Å². The van der Waals surface area contributed by atoms with Crippen LogP contribution >= 0.6 is 0 Å². The van der Waals surface area contributed by atoms with E-state index in [1.165, 1.54) is 131 Å². The van der Waals surface area contributed by atoms with Crippen molar-refractivity contribution in [3.63, 3.8) is 0 Å². The summed E-state index contributed by atoms with van der Waals surface area (Å²) in [5.74, 6) is 0. The zero-order chi connectivity index (χ0) is 33.4. The number of hydrogen-bond donors (Lipinski definition) is 0. The molecule has 0 amide bonds. The summed E-state index contributed by atoms with van der Waals surface area (Å²) in [7, 11) is 0. The van der Waals surface area contributed by atoms with Crippen molar-refractivity contribution in [2.75, 3.05) is 0 Å². The maximum absolute atomic E-state index is 2.44. The van der Waals surface area contributed by atoms with Gasteiger partial charge in [-0.25, -0.2) is 0 Å². The molecule has 0 saturated heterocycles. The van der Waals surface area contributed by atoms with Crippen LogP contribution < -0.4 is 0 Å². The van der Waals surface area contributed by atoms with E-state index in [2.05, 4.69) is 161 Å². The molecule has 0 aliphatic heterocycles. The van der Waals surface area contributed by atoms with Gasteiger partial charge in [-0.15, -0.1) is 0 Å². The van der Waals surface area contributed by atoms with Gasteiger partial charge in [-0.3, -0.25) is 0 Å². The molecule has 0 heteroatoms. The molecule has 0 heterocycles. The lowest BCUT2D eigenvalue weighted by atomic mass is 9.75. The fourth-order valence-electron chi connectivity index (χ4n) is 9.89. The highest BCUT2D eigenvalue weighted by Crippen LogP contribution is 2.56. The van der Waals surface area contributed by atoms with Crippen molar-refractivity contribution in [2.24, 2.45) is 0 Å². The second-order valence-electron chi connectivity index (χ2n) is 14.4. The van der Waals surface area contributed by atoms with Crippen LogP contribution in [0, 0.1) is 27.7 Å². The summed E-state index contributed by atoms with van der Waals surface area (Å²) >= 11 is 0. The van der Waals surface area contributed by atoms with Crippen molar-refractivity contribution in [1.29, 1.82) is 0 Å². The van der Waals surface area contributed by atoms with Crippen molar-refractivity contribution >= 4 is 86.2 Å². The minimum Gasteiger partial charge on any atom is -0.0622 e. The Morgan fingerprint density at radius 2 is 0.500 bits per heavy atom. The van der Waals surface area contributed by atoms with E-state index in [4.69, 9.17) is 0 Å². The Labute approximate surface area is 290 Å². The molecule has 0 atom stereocenters. The van der Waals surface area contributed by atoms with Crippen LogP contribution in [0.2, 0.25) is 0 Å². The SMILES string of the molecule is Cc1c2ccccc2c(C)c2c1c1ccc3c(-c4ccccc4)c(-c4ccccc4)c4ccc5c6c(C)c7ccccc7c(C)c6c5c4c3c12. The second kappa shape index (κ2) is 9.80. The lowest BCUT2D eigenvalue weighted by Crippen LogP contribution is -2.00. The fraction of sp³-hybridized carbons (Fsp3) is 0.0800. The monoisotopic (exact) mass is 634 g/mol. The molecule has 0 bridgehead atoms. The van der Waals surface area contributed by atoms with E-state index in [1.807, 2.05) is 0 Å². The molecule has 0 fully saturated rings. The van der Waals surface area contributed by atoms with E-state index in [0.717, 1.165) is 0 Å². The Balaban J connectivity index is 1.47. The van der Waals surface area contributed by atoms with Gasteiger partial charge in [0.2, 0.25) is 0 Å². The molecule has 11 rings (SSSR count). The highest BCUT2D eigenvalue weighted by Gasteiger charge is 2.28. The van der Waals surface area contributed by atoms with Crippen molar-refractivity contribution < 1.29 is 0 Å². The standard InChI is InChI=1S/C50H34/c1-27-33-19-11-13-21-35(33)29(3)43-41(27)37-23-25-39-45(31-15-7-5-8-16-31)46(32-17-9-6-10-18-32)40-26-24-38-42-28(2)34-20-12-14-22-36(34)30(4)44(42)48(38)50(40)49(39)47(37)43/h5-26H,1-4H3. The Hall–Kier alpha value is -5.98. The van der Waals surface area contributed by atoms with Gasteiger partial charge < -0.3 is 0 Å². The first-order valence-corrected chi connectivity index (χ1v) is 17.8. The third-order valence-electron chi connectivity index (χ3n) is 12.1. The molecule has 11 aromatic rings. The molecular formula is C50H34. The largest absolute Gasteiger partial charge is 0.0622 e. The summed E-state index contributed by atoms with van der Waals surface area (Å²) in [5.41, 5.74) is 10.7. The minimum absolute atomic E-state index is 1.25. The first-order valence-electron chi connectivity index (χ1n) is 17.8. The maximum Gasteiger partial charge on any atom is -0.000707 e. The second-order valence-corrected chi connectivity index (χ2v) is 14.4. The average molecular weight is 635 g/mol. The molecule has 0 aromatic heterocycles. The van der Waals surface area contributed by atoms with Gasteiger partial charge in [-0.05, 0) is 158 Å². The van der Waals surface area contributed by atoms with Crippen LogP contribution in [-0.2, 0) is 0 Å². The molecule has 11 aromatic carbocycles. The van der Waals surface area contributed by atoms with Crippen LogP contribution in [0.4, 0.5) is 0 Å². The van der Waals surface area contributed by atoms with E-state index in [0.29, 0.717) is 0 Å². The Kier molecular flexibility index (Phi) is 5.47. The molecule has 0 N–H and O–H groups in total. The van der Waals surface area contributed by atoms with E-state index < -0.39 is 0 Å². The van der Waals surface area contributed by atoms with Gasteiger partial charge in [0.15, 0.2) is 0 Å². The third-order valence-corrected chi connectivity index (χ3v) is 12.1. The van der Waals surface area contributed by atoms with Crippen molar-refractivity contribution in [2.45, 2.75) is 27.7 Å². The van der Waals surface area contributed by atoms with Crippen LogP contribution in [0.25, 0.3) is 108 Å². The zero-order valence-electron chi connectivity index (χ0n) is 28.7. The normalized spacial score (nSPS) is 12.4. The van der Waals surface area contributed by atoms with Crippen LogP contribution in [0.1, 0.15) is 22.3 Å².